The number of furan rings is 1. The molecule has 1 aromatic rings. The average Bonchev–Trinajstić information content (AvgIpc) is 2.50. The lowest BCUT2D eigenvalue weighted by atomic mass is 10.2. The molecular formula is C9H13BrN2O2. The van der Waals surface area contributed by atoms with Crippen LogP contribution in [0, 0.1) is 0 Å². The molecule has 0 spiro atoms. The van der Waals surface area contributed by atoms with E-state index in [1.54, 1.807) is 6.07 Å². The highest BCUT2D eigenvalue weighted by Crippen LogP contribution is 2.16. The third-order valence-corrected chi connectivity index (χ3v) is 2.36. The summed E-state index contributed by atoms with van der Waals surface area (Å²) in [4.78, 5) is 11.5. The van der Waals surface area contributed by atoms with Crippen molar-refractivity contribution in [2.45, 2.75) is 19.4 Å². The third kappa shape index (κ3) is 3.16. The minimum atomic E-state index is -0.147. The van der Waals surface area contributed by atoms with E-state index in [0.717, 1.165) is 6.42 Å². The quantitative estimate of drug-likeness (QED) is 0.863. The molecular weight excluding hydrogens is 248 g/mol. The van der Waals surface area contributed by atoms with Crippen molar-refractivity contribution >= 4 is 21.8 Å². The van der Waals surface area contributed by atoms with Crippen LogP contribution in [-0.2, 0) is 0 Å². The summed E-state index contributed by atoms with van der Waals surface area (Å²) in [5.74, 6) is -0.147. The van der Waals surface area contributed by atoms with Gasteiger partial charge in [-0.3, -0.25) is 4.79 Å². The third-order valence-electron chi connectivity index (χ3n) is 1.75. The number of nitrogens with two attached hydrogens (primary N) is 1. The van der Waals surface area contributed by atoms with Crippen molar-refractivity contribution in [3.05, 3.63) is 22.6 Å². The van der Waals surface area contributed by atoms with Crippen molar-refractivity contribution in [2.75, 3.05) is 6.54 Å². The Bertz CT molecular complexity index is 310. The molecule has 0 aliphatic rings. The highest BCUT2D eigenvalue weighted by Gasteiger charge is 2.11. The van der Waals surface area contributed by atoms with E-state index < -0.39 is 0 Å². The maximum absolute atomic E-state index is 11.5. The summed E-state index contributed by atoms with van der Waals surface area (Å²) in [6, 6.07) is 1.72. The van der Waals surface area contributed by atoms with Crippen molar-refractivity contribution in [2.24, 2.45) is 5.73 Å². The normalized spacial score (nSPS) is 12.5. The van der Waals surface area contributed by atoms with Gasteiger partial charge in [0.25, 0.3) is 5.91 Å². The molecule has 0 aromatic carbocycles. The SMILES string of the molecule is CC(N)CCNC(=O)c1ccoc1Br. The number of hydrogen-bond acceptors (Lipinski definition) is 3. The van der Waals surface area contributed by atoms with Gasteiger partial charge in [0.15, 0.2) is 4.67 Å². The lowest BCUT2D eigenvalue weighted by Gasteiger charge is -2.05. The molecule has 1 atom stereocenters. The van der Waals surface area contributed by atoms with Crippen LogP contribution in [0.5, 0.6) is 0 Å². The number of carbonyl (C=O) groups is 1. The summed E-state index contributed by atoms with van der Waals surface area (Å²) < 4.78 is 5.40. The highest BCUT2D eigenvalue weighted by molar-refractivity contribution is 9.10. The Balaban J connectivity index is 2.40. The Hall–Kier alpha value is -0.810. The molecule has 1 aromatic heterocycles. The summed E-state index contributed by atoms with van der Waals surface area (Å²) in [7, 11) is 0. The van der Waals surface area contributed by atoms with Crippen LogP contribution in [0.25, 0.3) is 0 Å². The second-order valence-corrected chi connectivity index (χ2v) is 3.85. The van der Waals surface area contributed by atoms with Gasteiger partial charge in [-0.1, -0.05) is 0 Å². The Labute approximate surface area is 91.0 Å². The van der Waals surface area contributed by atoms with E-state index in [1.165, 1.54) is 6.26 Å². The zero-order valence-electron chi connectivity index (χ0n) is 7.92. The van der Waals surface area contributed by atoms with Gasteiger partial charge in [-0.05, 0) is 35.3 Å². The minimum Gasteiger partial charge on any atom is -0.457 e. The predicted molar refractivity (Wildman–Crippen MR) is 57.0 cm³/mol. The summed E-state index contributed by atoms with van der Waals surface area (Å²) >= 11 is 3.14. The second-order valence-electron chi connectivity index (χ2n) is 3.13. The first-order valence-electron chi connectivity index (χ1n) is 4.38. The predicted octanol–water partition coefficient (Wildman–Crippen LogP) is 1.51. The van der Waals surface area contributed by atoms with Gasteiger partial charge in [0.2, 0.25) is 0 Å². The molecule has 3 N–H and O–H groups in total. The minimum absolute atomic E-state index is 0.100. The van der Waals surface area contributed by atoms with Crippen molar-refractivity contribution in [1.29, 1.82) is 0 Å². The van der Waals surface area contributed by atoms with Crippen LogP contribution < -0.4 is 11.1 Å². The monoisotopic (exact) mass is 260 g/mol. The van der Waals surface area contributed by atoms with E-state index in [2.05, 4.69) is 21.2 Å². The van der Waals surface area contributed by atoms with Gasteiger partial charge in [-0.15, -0.1) is 0 Å². The number of carbonyl (C=O) groups excluding carboxylic acids is 1. The lowest BCUT2D eigenvalue weighted by molar-refractivity contribution is 0.0951. The van der Waals surface area contributed by atoms with Crippen LogP contribution >= 0.6 is 15.9 Å². The summed E-state index contributed by atoms with van der Waals surface area (Å²) in [6.45, 7) is 2.48. The molecule has 0 saturated heterocycles. The Kier molecular flexibility index (Phi) is 4.16. The van der Waals surface area contributed by atoms with Gasteiger partial charge >= 0.3 is 0 Å². The number of nitrogens with one attached hydrogen (secondary N) is 1. The van der Waals surface area contributed by atoms with Crippen LogP contribution in [0.3, 0.4) is 0 Å². The zero-order valence-corrected chi connectivity index (χ0v) is 9.50. The average molecular weight is 261 g/mol. The first-order valence-corrected chi connectivity index (χ1v) is 5.17. The van der Waals surface area contributed by atoms with Crippen LogP contribution in [0.4, 0.5) is 0 Å². The molecule has 0 aliphatic carbocycles. The fourth-order valence-corrected chi connectivity index (χ4v) is 1.38. The second kappa shape index (κ2) is 5.17. The van der Waals surface area contributed by atoms with Gasteiger partial charge in [-0.25, -0.2) is 0 Å². The number of hydrogen-bond donors (Lipinski definition) is 2. The van der Waals surface area contributed by atoms with Crippen molar-refractivity contribution in [3.63, 3.8) is 0 Å². The van der Waals surface area contributed by atoms with Crippen LogP contribution in [0.15, 0.2) is 21.4 Å². The van der Waals surface area contributed by atoms with E-state index in [9.17, 15) is 4.79 Å². The molecule has 0 bridgehead atoms. The van der Waals surface area contributed by atoms with E-state index in [1.807, 2.05) is 6.92 Å². The number of rotatable bonds is 4. The van der Waals surface area contributed by atoms with Gasteiger partial charge in [0.05, 0.1) is 11.8 Å². The van der Waals surface area contributed by atoms with E-state index >= 15 is 0 Å². The summed E-state index contributed by atoms with van der Waals surface area (Å²) in [6.07, 6.45) is 2.23. The molecule has 1 amide bonds. The standard InChI is InChI=1S/C9H13BrN2O2/c1-6(11)2-4-12-9(13)7-3-5-14-8(7)10/h3,5-6H,2,4,11H2,1H3,(H,12,13). The van der Waals surface area contributed by atoms with Gasteiger partial charge in [0.1, 0.15) is 0 Å². The molecule has 14 heavy (non-hydrogen) atoms. The molecule has 0 fully saturated rings. The largest absolute Gasteiger partial charge is 0.457 e. The van der Waals surface area contributed by atoms with Gasteiger partial charge in [0, 0.05) is 12.6 Å². The molecule has 1 rings (SSSR count). The summed E-state index contributed by atoms with van der Waals surface area (Å²) in [5, 5.41) is 2.75. The number of amides is 1. The first-order chi connectivity index (χ1) is 6.61. The first kappa shape index (κ1) is 11.3. The topological polar surface area (TPSA) is 68.3 Å². The fourth-order valence-electron chi connectivity index (χ4n) is 0.964. The molecule has 0 radical (unpaired) electrons. The number of halogens is 1. The van der Waals surface area contributed by atoms with Crippen molar-refractivity contribution in [3.8, 4) is 0 Å². The van der Waals surface area contributed by atoms with Crippen LogP contribution in [0.1, 0.15) is 23.7 Å². The van der Waals surface area contributed by atoms with Gasteiger partial charge < -0.3 is 15.5 Å². The Morgan fingerprint density at radius 1 is 1.79 bits per heavy atom. The van der Waals surface area contributed by atoms with E-state index in [4.69, 9.17) is 10.2 Å². The van der Waals surface area contributed by atoms with E-state index in [0.29, 0.717) is 16.8 Å². The molecule has 1 heterocycles. The molecule has 0 saturated carbocycles. The lowest BCUT2D eigenvalue weighted by Crippen LogP contribution is -2.28. The van der Waals surface area contributed by atoms with E-state index in [-0.39, 0.29) is 11.9 Å². The van der Waals surface area contributed by atoms with Crippen LogP contribution in [-0.4, -0.2) is 18.5 Å². The Morgan fingerprint density at radius 2 is 2.50 bits per heavy atom. The molecule has 4 nitrogen and oxygen atoms in total. The summed E-state index contributed by atoms with van der Waals surface area (Å²) in [5.41, 5.74) is 6.06. The molecule has 78 valence electrons. The fraction of sp³-hybridized carbons (Fsp3) is 0.444. The smallest absolute Gasteiger partial charge is 0.255 e. The molecule has 0 aliphatic heterocycles. The molecule has 5 heteroatoms. The Morgan fingerprint density at radius 3 is 3.00 bits per heavy atom. The van der Waals surface area contributed by atoms with Gasteiger partial charge in [-0.2, -0.15) is 0 Å². The maximum atomic E-state index is 11.5. The molecule has 1 unspecified atom stereocenters. The van der Waals surface area contributed by atoms with Crippen molar-refractivity contribution < 1.29 is 9.21 Å². The highest BCUT2D eigenvalue weighted by atomic mass is 79.9. The van der Waals surface area contributed by atoms with Crippen LogP contribution in [0.2, 0.25) is 0 Å². The zero-order chi connectivity index (χ0) is 10.6. The maximum Gasteiger partial charge on any atom is 0.255 e. The van der Waals surface area contributed by atoms with Crippen molar-refractivity contribution in [1.82, 2.24) is 5.32 Å².